The number of piperidine rings is 1. The van der Waals surface area contributed by atoms with Gasteiger partial charge in [-0.3, -0.25) is 4.90 Å². The van der Waals surface area contributed by atoms with Gasteiger partial charge in [0.1, 0.15) is 24.1 Å². The van der Waals surface area contributed by atoms with E-state index in [0.717, 1.165) is 64.2 Å². The second-order valence-electron chi connectivity index (χ2n) is 14.2. The summed E-state index contributed by atoms with van der Waals surface area (Å²) in [5, 5.41) is 14.5. The predicted octanol–water partition coefficient (Wildman–Crippen LogP) is 5.25. The number of nitrogens with zero attached hydrogens (tertiary/aromatic N) is 6. The lowest BCUT2D eigenvalue weighted by atomic mass is 9.71. The number of nitrogens with one attached hydrogen (secondary N) is 1. The second kappa shape index (κ2) is 14.2. The quantitative estimate of drug-likeness (QED) is 0.346. The van der Waals surface area contributed by atoms with E-state index >= 15 is 0 Å². The van der Waals surface area contributed by atoms with Gasteiger partial charge in [-0.05, 0) is 103 Å². The highest BCUT2D eigenvalue weighted by Gasteiger charge is 2.46. The molecular weight excluding hydrogens is 573 g/mol. The normalized spacial score (nSPS) is 22.5. The Balaban J connectivity index is 1.16. The van der Waals surface area contributed by atoms with E-state index in [1.54, 1.807) is 31.3 Å². The molecule has 3 heterocycles. The summed E-state index contributed by atoms with van der Waals surface area (Å²) in [6.07, 6.45) is 8.95. The summed E-state index contributed by atoms with van der Waals surface area (Å²) in [7, 11) is 3.58. The predicted molar refractivity (Wildman–Crippen MR) is 174 cm³/mol. The fraction of sp³-hybridized carbons (Fsp3) is 0.676. The lowest BCUT2D eigenvalue weighted by molar-refractivity contribution is -0.0406. The van der Waals surface area contributed by atoms with E-state index in [4.69, 9.17) is 4.74 Å². The van der Waals surface area contributed by atoms with Crippen LogP contribution in [0, 0.1) is 17.2 Å². The highest BCUT2D eigenvalue weighted by atomic mass is 19.1. The number of aliphatic hydroxyl groups is 1. The van der Waals surface area contributed by atoms with Crippen LogP contribution in [0.4, 0.5) is 15.0 Å². The summed E-state index contributed by atoms with van der Waals surface area (Å²) < 4.78 is 20.7. The Hall–Kier alpha value is -3.02. The molecule has 248 valence electrons. The fourth-order valence-electron chi connectivity index (χ4n) is 7.47. The molecule has 0 bridgehead atoms. The lowest BCUT2D eigenvalue weighted by Gasteiger charge is -2.54. The topological polar surface area (TPSA) is 97.3 Å². The first-order chi connectivity index (χ1) is 21.4. The Morgan fingerprint density at radius 2 is 1.76 bits per heavy atom. The molecule has 10 nitrogen and oxygen atoms in total. The number of urea groups is 1. The molecule has 1 unspecified atom stereocenters. The van der Waals surface area contributed by atoms with Gasteiger partial charge in [0.15, 0.2) is 11.6 Å². The molecule has 1 spiro atoms. The van der Waals surface area contributed by atoms with Crippen LogP contribution in [0.25, 0.3) is 0 Å². The number of aliphatic hydroxyl groups excluding tert-OH is 1. The molecule has 2 saturated heterocycles. The molecule has 45 heavy (non-hydrogen) atoms. The SMILES string of the molecule is CC(C)N(C(C)C)C(O)c1cc(F)ccc1Oc1cncnc1N1CC2(CCN(C[C@H]3CC[C@H](NC(=O)N(C)C)CC3)CC2)C1. The molecule has 3 aliphatic rings. The van der Waals surface area contributed by atoms with Crippen molar-refractivity contribution in [2.45, 2.75) is 90.6 Å². The Kier molecular flexibility index (Phi) is 10.5. The molecule has 1 aromatic heterocycles. The number of aromatic nitrogens is 2. The minimum Gasteiger partial charge on any atom is -0.451 e. The minimum absolute atomic E-state index is 0.00795. The molecule has 11 heteroatoms. The van der Waals surface area contributed by atoms with Crippen LogP contribution in [0.1, 0.15) is 78.0 Å². The van der Waals surface area contributed by atoms with E-state index in [1.807, 2.05) is 32.6 Å². The molecular formula is C34H52FN7O3. The Morgan fingerprint density at radius 1 is 1.09 bits per heavy atom. The van der Waals surface area contributed by atoms with Gasteiger partial charge in [0.05, 0.1) is 6.20 Å². The van der Waals surface area contributed by atoms with Gasteiger partial charge in [-0.2, -0.15) is 0 Å². The van der Waals surface area contributed by atoms with E-state index in [2.05, 4.69) is 25.1 Å². The average molecular weight is 626 g/mol. The van der Waals surface area contributed by atoms with Crippen molar-refractivity contribution in [2.24, 2.45) is 11.3 Å². The van der Waals surface area contributed by atoms with E-state index in [1.165, 1.54) is 31.3 Å². The number of carbonyl (C=O) groups excluding carboxylic acids is 1. The van der Waals surface area contributed by atoms with Gasteiger partial charge in [-0.25, -0.2) is 19.2 Å². The highest BCUT2D eigenvalue weighted by Crippen LogP contribution is 2.45. The molecule has 1 aromatic carbocycles. The summed E-state index contributed by atoms with van der Waals surface area (Å²) in [6, 6.07) is 4.68. The third-order valence-electron chi connectivity index (χ3n) is 9.97. The number of anilines is 1. The van der Waals surface area contributed by atoms with Crippen molar-refractivity contribution in [3.05, 3.63) is 42.1 Å². The number of hydrogen-bond donors (Lipinski definition) is 2. The van der Waals surface area contributed by atoms with Gasteiger partial charge in [0.25, 0.3) is 0 Å². The van der Waals surface area contributed by atoms with Crippen molar-refractivity contribution >= 4 is 11.8 Å². The van der Waals surface area contributed by atoms with Crippen molar-refractivity contribution in [1.82, 2.24) is 30.0 Å². The molecule has 3 fully saturated rings. The van der Waals surface area contributed by atoms with E-state index in [-0.39, 0.29) is 23.5 Å². The number of hydrogen-bond acceptors (Lipinski definition) is 8. The summed E-state index contributed by atoms with van der Waals surface area (Å²) in [5.41, 5.74) is 0.658. The summed E-state index contributed by atoms with van der Waals surface area (Å²) >= 11 is 0. The zero-order valence-corrected chi connectivity index (χ0v) is 27.9. The van der Waals surface area contributed by atoms with E-state index in [0.29, 0.717) is 29.0 Å². The molecule has 0 radical (unpaired) electrons. The molecule has 1 saturated carbocycles. The van der Waals surface area contributed by atoms with Crippen LogP contribution >= 0.6 is 0 Å². The van der Waals surface area contributed by atoms with Crippen LogP contribution in [-0.4, -0.2) is 101 Å². The first-order valence-electron chi connectivity index (χ1n) is 16.6. The molecule has 2 aromatic rings. The number of benzene rings is 1. The second-order valence-corrected chi connectivity index (χ2v) is 14.2. The Morgan fingerprint density at radius 3 is 2.38 bits per heavy atom. The van der Waals surface area contributed by atoms with Crippen molar-refractivity contribution in [2.75, 3.05) is 51.7 Å². The number of likely N-dealkylation sites (tertiary alicyclic amines) is 1. The number of carbonyl (C=O) groups is 1. The first kappa shape index (κ1) is 33.3. The van der Waals surface area contributed by atoms with Crippen LogP contribution in [-0.2, 0) is 0 Å². The number of amides is 2. The van der Waals surface area contributed by atoms with Gasteiger partial charge in [0.2, 0.25) is 0 Å². The molecule has 1 atom stereocenters. The van der Waals surface area contributed by atoms with Crippen LogP contribution in [0.5, 0.6) is 11.5 Å². The van der Waals surface area contributed by atoms with Crippen molar-refractivity contribution in [3.8, 4) is 11.5 Å². The van der Waals surface area contributed by atoms with Crippen LogP contribution in [0.3, 0.4) is 0 Å². The van der Waals surface area contributed by atoms with Gasteiger partial charge >= 0.3 is 6.03 Å². The average Bonchev–Trinajstić information content (AvgIpc) is 2.98. The Labute approximate surface area is 267 Å². The monoisotopic (exact) mass is 625 g/mol. The molecule has 1 aliphatic carbocycles. The Bertz CT molecular complexity index is 1280. The minimum atomic E-state index is -1.03. The third kappa shape index (κ3) is 7.86. The standard InChI is InChI=1S/C34H52FN7O3/c1-23(2)42(24(3)4)32(43)28-17-26(35)9-12-29(28)45-30-18-36-22-37-31(30)41-20-34(21-41)13-15-40(16-14-34)19-25-7-10-27(11-8-25)38-33(44)39(5)6/h9,12,17-18,22-25,27,32,43H,7-8,10-11,13-16,19-21H2,1-6H3,(H,38,44)/t25-,27-,32?. The highest BCUT2D eigenvalue weighted by molar-refractivity contribution is 5.73. The van der Waals surface area contributed by atoms with Gasteiger partial charge in [-0.1, -0.05) is 0 Å². The molecule has 2 amide bonds. The summed E-state index contributed by atoms with van der Waals surface area (Å²) in [4.78, 5) is 29.2. The maximum Gasteiger partial charge on any atom is 0.317 e. The maximum absolute atomic E-state index is 14.4. The zero-order chi connectivity index (χ0) is 32.3. The summed E-state index contributed by atoms with van der Waals surface area (Å²) in [6.45, 7) is 13.2. The number of rotatable bonds is 10. The fourth-order valence-corrected chi connectivity index (χ4v) is 7.47. The molecule has 2 aliphatic heterocycles. The number of ether oxygens (including phenoxy) is 1. The summed E-state index contributed by atoms with van der Waals surface area (Å²) in [5.74, 6) is 1.90. The van der Waals surface area contributed by atoms with Crippen LogP contribution in [0.2, 0.25) is 0 Å². The maximum atomic E-state index is 14.4. The molecule has 5 rings (SSSR count). The zero-order valence-electron chi connectivity index (χ0n) is 27.9. The van der Waals surface area contributed by atoms with Crippen molar-refractivity contribution < 1.29 is 19.0 Å². The number of halogens is 1. The first-order valence-corrected chi connectivity index (χ1v) is 16.6. The smallest absolute Gasteiger partial charge is 0.317 e. The molecule has 2 N–H and O–H groups in total. The lowest BCUT2D eigenvalue weighted by Crippen LogP contribution is -2.61. The van der Waals surface area contributed by atoms with E-state index in [9.17, 15) is 14.3 Å². The van der Waals surface area contributed by atoms with E-state index < -0.39 is 12.0 Å². The van der Waals surface area contributed by atoms with Gasteiger partial charge in [0, 0.05) is 62.8 Å². The van der Waals surface area contributed by atoms with Crippen molar-refractivity contribution in [3.63, 3.8) is 0 Å². The van der Waals surface area contributed by atoms with Crippen molar-refractivity contribution in [1.29, 1.82) is 0 Å². The van der Waals surface area contributed by atoms with Gasteiger partial charge in [-0.15, -0.1) is 0 Å². The third-order valence-corrected chi connectivity index (χ3v) is 9.97. The van der Waals surface area contributed by atoms with Crippen LogP contribution in [0.15, 0.2) is 30.7 Å². The van der Waals surface area contributed by atoms with Gasteiger partial charge < -0.3 is 29.9 Å². The van der Waals surface area contributed by atoms with Crippen LogP contribution < -0.4 is 15.0 Å². The largest absolute Gasteiger partial charge is 0.451 e.